The Labute approximate surface area is 112 Å². The standard InChI is InChI=1S/C14H18N2O3/c1-14(2,3)15-13(19)16-7-6-9-4-5-10(12(17)18)8-11(9)16/h4-5,8H,6-7H2,1-3H3,(H,15,19)(H,17,18). The fourth-order valence-corrected chi connectivity index (χ4v) is 2.11. The molecule has 0 spiro atoms. The van der Waals surface area contributed by atoms with E-state index in [1.807, 2.05) is 20.8 Å². The number of rotatable bonds is 1. The molecule has 0 saturated heterocycles. The van der Waals surface area contributed by atoms with Gasteiger partial charge in [0.05, 0.1) is 5.56 Å². The number of nitrogens with one attached hydrogen (secondary N) is 1. The van der Waals surface area contributed by atoms with Gasteiger partial charge < -0.3 is 10.4 Å². The van der Waals surface area contributed by atoms with Crippen LogP contribution in [0.1, 0.15) is 36.7 Å². The third-order valence-electron chi connectivity index (χ3n) is 2.95. The first-order valence-electron chi connectivity index (χ1n) is 6.24. The topological polar surface area (TPSA) is 69.6 Å². The lowest BCUT2D eigenvalue weighted by atomic mass is 10.1. The monoisotopic (exact) mass is 262 g/mol. The van der Waals surface area contributed by atoms with Crippen LogP contribution in [0, 0.1) is 0 Å². The molecule has 0 atom stereocenters. The smallest absolute Gasteiger partial charge is 0.335 e. The third-order valence-corrected chi connectivity index (χ3v) is 2.95. The van der Waals surface area contributed by atoms with Gasteiger partial charge in [0, 0.05) is 17.8 Å². The van der Waals surface area contributed by atoms with Crippen LogP contribution < -0.4 is 10.2 Å². The number of anilines is 1. The summed E-state index contributed by atoms with van der Waals surface area (Å²) in [6.07, 6.45) is 0.757. The van der Waals surface area contributed by atoms with Crippen molar-refractivity contribution in [2.45, 2.75) is 32.7 Å². The molecule has 1 aromatic carbocycles. The molecule has 5 heteroatoms. The summed E-state index contributed by atoms with van der Waals surface area (Å²) in [6.45, 7) is 6.32. The van der Waals surface area contributed by atoms with Gasteiger partial charge in [0.15, 0.2) is 0 Å². The molecule has 2 rings (SSSR count). The Morgan fingerprint density at radius 3 is 2.58 bits per heavy atom. The molecule has 2 N–H and O–H groups in total. The molecule has 0 saturated carbocycles. The van der Waals surface area contributed by atoms with Crippen LogP contribution in [0.15, 0.2) is 18.2 Å². The summed E-state index contributed by atoms with van der Waals surface area (Å²) in [7, 11) is 0. The van der Waals surface area contributed by atoms with E-state index in [0.717, 1.165) is 12.0 Å². The summed E-state index contributed by atoms with van der Waals surface area (Å²) < 4.78 is 0. The number of carbonyl (C=O) groups is 2. The highest BCUT2D eigenvalue weighted by molar-refractivity contribution is 5.97. The third kappa shape index (κ3) is 2.86. The van der Waals surface area contributed by atoms with Crippen molar-refractivity contribution in [3.8, 4) is 0 Å². The average Bonchev–Trinajstić information content (AvgIpc) is 2.68. The molecule has 102 valence electrons. The SMILES string of the molecule is CC(C)(C)NC(=O)N1CCc2ccc(C(=O)O)cc21. The molecule has 5 nitrogen and oxygen atoms in total. The molecule has 1 heterocycles. The average molecular weight is 262 g/mol. The predicted molar refractivity (Wildman–Crippen MR) is 72.7 cm³/mol. The van der Waals surface area contributed by atoms with Gasteiger partial charge in [-0.05, 0) is 44.9 Å². The molecule has 0 fully saturated rings. The maximum absolute atomic E-state index is 12.2. The van der Waals surface area contributed by atoms with Crippen molar-refractivity contribution < 1.29 is 14.7 Å². The fraction of sp³-hybridized carbons (Fsp3) is 0.429. The first kappa shape index (κ1) is 13.4. The molecule has 0 aromatic heterocycles. The number of hydrogen-bond donors (Lipinski definition) is 2. The number of urea groups is 1. The zero-order chi connectivity index (χ0) is 14.2. The van der Waals surface area contributed by atoms with E-state index in [4.69, 9.17) is 5.11 Å². The lowest BCUT2D eigenvalue weighted by Crippen LogP contribution is -2.48. The Morgan fingerprint density at radius 2 is 2.00 bits per heavy atom. The Kier molecular flexibility index (Phi) is 3.22. The molecule has 0 unspecified atom stereocenters. The highest BCUT2D eigenvalue weighted by Crippen LogP contribution is 2.29. The van der Waals surface area contributed by atoms with Gasteiger partial charge >= 0.3 is 12.0 Å². The van der Waals surface area contributed by atoms with Gasteiger partial charge in [-0.1, -0.05) is 6.07 Å². The van der Waals surface area contributed by atoms with Crippen LogP contribution in [-0.4, -0.2) is 29.2 Å². The minimum Gasteiger partial charge on any atom is -0.478 e. The minimum atomic E-state index is -0.981. The molecule has 0 bridgehead atoms. The number of fused-ring (bicyclic) bond motifs is 1. The molecular weight excluding hydrogens is 244 g/mol. The van der Waals surface area contributed by atoms with Gasteiger partial charge in [0.25, 0.3) is 0 Å². The lowest BCUT2D eigenvalue weighted by molar-refractivity contribution is 0.0697. The number of benzene rings is 1. The number of amides is 2. The van der Waals surface area contributed by atoms with Crippen LogP contribution in [0.5, 0.6) is 0 Å². The van der Waals surface area contributed by atoms with Crippen molar-refractivity contribution in [1.29, 1.82) is 0 Å². The van der Waals surface area contributed by atoms with Crippen LogP contribution in [-0.2, 0) is 6.42 Å². The van der Waals surface area contributed by atoms with E-state index in [1.54, 1.807) is 23.1 Å². The normalized spacial score (nSPS) is 14.2. The van der Waals surface area contributed by atoms with Crippen molar-refractivity contribution in [3.05, 3.63) is 29.3 Å². The summed E-state index contributed by atoms with van der Waals surface area (Å²) >= 11 is 0. The van der Waals surface area contributed by atoms with Gasteiger partial charge in [-0.15, -0.1) is 0 Å². The largest absolute Gasteiger partial charge is 0.478 e. The summed E-state index contributed by atoms with van der Waals surface area (Å²) in [4.78, 5) is 24.8. The van der Waals surface area contributed by atoms with E-state index < -0.39 is 5.97 Å². The minimum absolute atomic E-state index is 0.186. The maximum Gasteiger partial charge on any atom is 0.335 e. The van der Waals surface area contributed by atoms with Crippen molar-refractivity contribution in [3.63, 3.8) is 0 Å². The van der Waals surface area contributed by atoms with Crippen LogP contribution in [0.4, 0.5) is 10.5 Å². The quantitative estimate of drug-likeness (QED) is 0.815. The first-order valence-corrected chi connectivity index (χ1v) is 6.24. The van der Waals surface area contributed by atoms with Gasteiger partial charge in [0.1, 0.15) is 0 Å². The second-order valence-electron chi connectivity index (χ2n) is 5.73. The van der Waals surface area contributed by atoms with Crippen LogP contribution >= 0.6 is 0 Å². The molecule has 1 aliphatic heterocycles. The van der Waals surface area contributed by atoms with Crippen molar-refractivity contribution in [1.82, 2.24) is 5.32 Å². The van der Waals surface area contributed by atoms with E-state index in [0.29, 0.717) is 12.2 Å². The molecule has 2 amide bonds. The second kappa shape index (κ2) is 4.57. The first-order chi connectivity index (χ1) is 8.78. The molecule has 0 aliphatic carbocycles. The summed E-state index contributed by atoms with van der Waals surface area (Å²) in [5.41, 5.74) is 1.59. The van der Waals surface area contributed by atoms with E-state index in [1.165, 1.54) is 0 Å². The number of aromatic carboxylic acids is 1. The number of hydrogen-bond acceptors (Lipinski definition) is 2. The van der Waals surface area contributed by atoms with Crippen LogP contribution in [0.3, 0.4) is 0 Å². The highest BCUT2D eigenvalue weighted by atomic mass is 16.4. The van der Waals surface area contributed by atoms with Gasteiger partial charge in [-0.3, -0.25) is 4.90 Å². The van der Waals surface area contributed by atoms with Crippen molar-refractivity contribution >= 4 is 17.7 Å². The zero-order valence-electron chi connectivity index (χ0n) is 11.4. The zero-order valence-corrected chi connectivity index (χ0v) is 11.4. The van der Waals surface area contributed by atoms with E-state index in [-0.39, 0.29) is 17.1 Å². The number of carbonyl (C=O) groups excluding carboxylic acids is 1. The Bertz CT molecular complexity index is 532. The van der Waals surface area contributed by atoms with Crippen molar-refractivity contribution in [2.24, 2.45) is 0 Å². The Balaban J connectivity index is 2.28. The van der Waals surface area contributed by atoms with E-state index in [9.17, 15) is 9.59 Å². The number of carboxylic acids is 1. The highest BCUT2D eigenvalue weighted by Gasteiger charge is 2.27. The Morgan fingerprint density at radius 1 is 1.32 bits per heavy atom. The van der Waals surface area contributed by atoms with Crippen LogP contribution in [0.25, 0.3) is 0 Å². The summed E-state index contributed by atoms with van der Waals surface area (Å²) in [5, 5.41) is 11.9. The lowest BCUT2D eigenvalue weighted by Gasteiger charge is -2.26. The van der Waals surface area contributed by atoms with E-state index in [2.05, 4.69) is 5.32 Å². The summed E-state index contributed by atoms with van der Waals surface area (Å²) in [5.74, 6) is -0.981. The van der Waals surface area contributed by atoms with Crippen molar-refractivity contribution in [2.75, 3.05) is 11.4 Å². The maximum atomic E-state index is 12.2. The molecule has 1 aromatic rings. The van der Waals surface area contributed by atoms with Crippen LogP contribution in [0.2, 0.25) is 0 Å². The molecule has 19 heavy (non-hydrogen) atoms. The second-order valence-corrected chi connectivity index (χ2v) is 5.73. The van der Waals surface area contributed by atoms with Gasteiger partial charge in [0.2, 0.25) is 0 Å². The Hall–Kier alpha value is -2.04. The number of carboxylic acid groups (broad SMARTS) is 1. The molecule has 0 radical (unpaired) electrons. The predicted octanol–water partition coefficient (Wildman–Crippen LogP) is 2.26. The fourth-order valence-electron chi connectivity index (χ4n) is 2.11. The summed E-state index contributed by atoms with van der Waals surface area (Å²) in [6, 6.07) is 4.73. The molecular formula is C14H18N2O3. The van der Waals surface area contributed by atoms with Gasteiger partial charge in [-0.25, -0.2) is 9.59 Å². The number of nitrogens with zero attached hydrogens (tertiary/aromatic N) is 1. The van der Waals surface area contributed by atoms with E-state index >= 15 is 0 Å². The van der Waals surface area contributed by atoms with Gasteiger partial charge in [-0.2, -0.15) is 0 Å². The molecule has 1 aliphatic rings.